The summed E-state index contributed by atoms with van der Waals surface area (Å²) in [6.07, 6.45) is 3.31. The van der Waals surface area contributed by atoms with Gasteiger partial charge in [0, 0.05) is 65.4 Å². The van der Waals surface area contributed by atoms with Crippen LogP contribution in [-0.4, -0.2) is 27.6 Å². The Hall–Kier alpha value is -2.41. The maximum atomic E-state index is 6.55. The largest absolute Gasteiger partial charge is 0.481 e. The average molecular weight is 452 g/mol. The average Bonchev–Trinajstić information content (AvgIpc) is 3.49. The van der Waals surface area contributed by atoms with Gasteiger partial charge in [0.05, 0.1) is 15.9 Å². The highest BCUT2D eigenvalue weighted by Crippen LogP contribution is 2.47. The van der Waals surface area contributed by atoms with Gasteiger partial charge in [0.15, 0.2) is 11.9 Å². The summed E-state index contributed by atoms with van der Waals surface area (Å²) in [5.41, 5.74) is 6.47. The summed E-state index contributed by atoms with van der Waals surface area (Å²) in [4.78, 5) is 6.93. The van der Waals surface area contributed by atoms with E-state index in [1.165, 1.54) is 5.56 Å². The number of hydrogen-bond donors (Lipinski definition) is 0. The smallest absolute Gasteiger partial charge is 0.182 e. The fraction of sp³-hybridized carbons (Fsp3) is 0.333. The molecule has 0 N–H and O–H groups in total. The first-order valence-electron chi connectivity index (χ1n) is 10.6. The van der Waals surface area contributed by atoms with E-state index in [-0.39, 0.29) is 6.10 Å². The van der Waals surface area contributed by atoms with Crippen LogP contribution in [0.15, 0.2) is 40.4 Å². The van der Waals surface area contributed by atoms with E-state index in [1.54, 1.807) is 11.3 Å². The summed E-state index contributed by atoms with van der Waals surface area (Å²) >= 11 is 8.22. The van der Waals surface area contributed by atoms with E-state index in [1.807, 2.05) is 30.5 Å². The highest BCUT2D eigenvalue weighted by molar-refractivity contribution is 7.17. The molecule has 0 fully saturated rings. The SMILES string of the molecule is CC(C)N1CCc2noc(C3Cc4cc(Cl)cc(-c5ccnc6ccsc56)c4O3)c2C1. The highest BCUT2D eigenvalue weighted by atomic mass is 35.5. The van der Waals surface area contributed by atoms with Gasteiger partial charge in [-0.15, -0.1) is 11.3 Å². The van der Waals surface area contributed by atoms with Gasteiger partial charge in [-0.25, -0.2) is 0 Å². The molecule has 31 heavy (non-hydrogen) atoms. The molecule has 0 radical (unpaired) electrons. The van der Waals surface area contributed by atoms with Crippen molar-refractivity contribution in [1.29, 1.82) is 0 Å². The Balaban J connectivity index is 1.40. The lowest BCUT2D eigenvalue weighted by molar-refractivity contribution is 0.180. The van der Waals surface area contributed by atoms with E-state index in [4.69, 9.17) is 20.9 Å². The van der Waals surface area contributed by atoms with Gasteiger partial charge in [0.2, 0.25) is 0 Å². The number of hydrogen-bond acceptors (Lipinski definition) is 6. The molecule has 0 saturated carbocycles. The van der Waals surface area contributed by atoms with Crippen LogP contribution in [0.3, 0.4) is 0 Å². The van der Waals surface area contributed by atoms with Crippen molar-refractivity contribution in [3.8, 4) is 16.9 Å². The number of fused-ring (bicyclic) bond motifs is 3. The van der Waals surface area contributed by atoms with Crippen molar-refractivity contribution in [2.45, 2.75) is 45.4 Å². The van der Waals surface area contributed by atoms with Crippen LogP contribution in [0.5, 0.6) is 5.75 Å². The van der Waals surface area contributed by atoms with Gasteiger partial charge >= 0.3 is 0 Å². The molecule has 1 aromatic carbocycles. The number of rotatable bonds is 3. The van der Waals surface area contributed by atoms with Crippen LogP contribution in [0, 0.1) is 0 Å². The first kappa shape index (κ1) is 19.3. The van der Waals surface area contributed by atoms with Gasteiger partial charge in [-0.05, 0) is 43.5 Å². The molecule has 7 heteroatoms. The Morgan fingerprint density at radius 2 is 2.13 bits per heavy atom. The van der Waals surface area contributed by atoms with Crippen LogP contribution < -0.4 is 4.74 Å². The first-order chi connectivity index (χ1) is 15.1. The number of thiophene rings is 1. The molecule has 5 nitrogen and oxygen atoms in total. The van der Waals surface area contributed by atoms with Gasteiger partial charge in [-0.1, -0.05) is 16.8 Å². The third-order valence-corrected chi connectivity index (χ3v) is 7.50. The molecule has 2 aliphatic rings. The predicted molar refractivity (Wildman–Crippen MR) is 123 cm³/mol. The van der Waals surface area contributed by atoms with Crippen molar-refractivity contribution in [3.05, 3.63) is 63.4 Å². The molecular formula is C24H22ClN3O2S. The topological polar surface area (TPSA) is 51.4 Å². The number of halogens is 1. The molecule has 5 heterocycles. The number of benzene rings is 1. The minimum Gasteiger partial charge on any atom is -0.481 e. The summed E-state index contributed by atoms with van der Waals surface area (Å²) < 4.78 is 13.5. The standard InChI is InChI=1S/C24H22ClN3O2S/c1-13(2)28-7-4-19-18(12-28)23(30-27-19)21-10-14-9-15(25)11-17(22(14)29-21)16-3-6-26-20-5-8-31-24(16)20/h3,5-6,8-9,11,13,21H,4,7,10,12H2,1-2H3. The Kier molecular flexibility index (Phi) is 4.56. The maximum absolute atomic E-state index is 6.55. The Morgan fingerprint density at radius 3 is 3.00 bits per heavy atom. The van der Waals surface area contributed by atoms with Crippen molar-refractivity contribution in [2.24, 2.45) is 0 Å². The summed E-state index contributed by atoms with van der Waals surface area (Å²) in [5.74, 6) is 1.74. The molecule has 1 unspecified atom stereocenters. The van der Waals surface area contributed by atoms with Crippen LogP contribution >= 0.6 is 22.9 Å². The zero-order valence-electron chi connectivity index (χ0n) is 17.4. The normalized spacial score (nSPS) is 18.4. The summed E-state index contributed by atoms with van der Waals surface area (Å²) in [7, 11) is 0. The molecule has 0 aliphatic carbocycles. The second-order valence-electron chi connectivity index (χ2n) is 8.53. The van der Waals surface area contributed by atoms with Gasteiger partial charge in [-0.2, -0.15) is 0 Å². The molecule has 0 spiro atoms. The Bertz CT molecular complexity index is 1300. The molecule has 2 aliphatic heterocycles. The van der Waals surface area contributed by atoms with Crippen molar-refractivity contribution >= 4 is 33.2 Å². The summed E-state index contributed by atoms with van der Waals surface area (Å²) in [6.45, 7) is 6.33. The van der Waals surface area contributed by atoms with Crippen LogP contribution in [0.4, 0.5) is 0 Å². The fourth-order valence-corrected chi connectivity index (χ4v) is 5.82. The lowest BCUT2D eigenvalue weighted by atomic mass is 9.98. The monoisotopic (exact) mass is 451 g/mol. The van der Waals surface area contributed by atoms with Gasteiger partial charge < -0.3 is 9.26 Å². The summed E-state index contributed by atoms with van der Waals surface area (Å²) in [5, 5.41) is 7.16. The van der Waals surface area contributed by atoms with Crippen molar-refractivity contribution < 1.29 is 9.26 Å². The number of pyridine rings is 1. The molecular weight excluding hydrogens is 430 g/mol. The van der Waals surface area contributed by atoms with Crippen LogP contribution in [0.2, 0.25) is 5.02 Å². The van der Waals surface area contributed by atoms with Crippen LogP contribution in [-0.2, 0) is 19.4 Å². The van der Waals surface area contributed by atoms with Gasteiger partial charge in [0.25, 0.3) is 0 Å². The highest BCUT2D eigenvalue weighted by Gasteiger charge is 2.35. The zero-order chi connectivity index (χ0) is 21.1. The molecule has 158 valence electrons. The minimum atomic E-state index is -0.184. The molecule has 6 rings (SSSR count). The van der Waals surface area contributed by atoms with Crippen molar-refractivity contribution in [1.82, 2.24) is 15.0 Å². The van der Waals surface area contributed by atoms with Crippen molar-refractivity contribution in [2.75, 3.05) is 6.54 Å². The first-order valence-corrected chi connectivity index (χ1v) is 11.9. The molecule has 0 amide bonds. The third kappa shape index (κ3) is 3.16. The number of nitrogens with zero attached hydrogens (tertiary/aromatic N) is 3. The van der Waals surface area contributed by atoms with E-state index in [2.05, 4.69) is 34.3 Å². The summed E-state index contributed by atoms with van der Waals surface area (Å²) in [6, 6.07) is 8.57. The predicted octanol–water partition coefficient (Wildman–Crippen LogP) is 6.05. The zero-order valence-corrected chi connectivity index (χ0v) is 19.0. The number of aromatic nitrogens is 2. The van der Waals surface area contributed by atoms with Crippen LogP contribution in [0.1, 0.15) is 42.5 Å². The molecule has 0 bridgehead atoms. The Labute approximate surface area is 189 Å². The van der Waals surface area contributed by atoms with E-state index < -0.39 is 0 Å². The second kappa shape index (κ2) is 7.33. The van der Waals surface area contributed by atoms with E-state index >= 15 is 0 Å². The van der Waals surface area contributed by atoms with Crippen molar-refractivity contribution in [3.63, 3.8) is 0 Å². The van der Waals surface area contributed by atoms with E-state index in [9.17, 15) is 0 Å². The third-order valence-electron chi connectivity index (χ3n) is 6.35. The molecule has 3 aromatic heterocycles. The lowest BCUT2D eigenvalue weighted by Crippen LogP contribution is -2.36. The molecule has 1 atom stereocenters. The Morgan fingerprint density at radius 1 is 1.23 bits per heavy atom. The second-order valence-corrected chi connectivity index (χ2v) is 9.88. The van der Waals surface area contributed by atoms with E-state index in [0.29, 0.717) is 11.1 Å². The van der Waals surface area contributed by atoms with E-state index in [0.717, 1.165) is 70.0 Å². The quantitative estimate of drug-likeness (QED) is 0.379. The molecule has 0 saturated heterocycles. The van der Waals surface area contributed by atoms with Gasteiger partial charge in [-0.3, -0.25) is 9.88 Å². The minimum absolute atomic E-state index is 0.184. The maximum Gasteiger partial charge on any atom is 0.182 e. The fourth-order valence-electron chi connectivity index (χ4n) is 4.70. The lowest BCUT2D eigenvalue weighted by Gasteiger charge is -2.29. The number of ether oxygens (including phenoxy) is 1. The van der Waals surface area contributed by atoms with Crippen LogP contribution in [0.25, 0.3) is 21.3 Å². The molecule has 4 aromatic rings. The van der Waals surface area contributed by atoms with Gasteiger partial charge in [0.1, 0.15) is 5.75 Å².